The van der Waals surface area contributed by atoms with Gasteiger partial charge in [0.05, 0.1) is 11.9 Å². The molecular weight excluding hydrogens is 240 g/mol. The van der Waals surface area contributed by atoms with E-state index >= 15 is 0 Å². The van der Waals surface area contributed by atoms with E-state index in [2.05, 4.69) is 17.2 Å². The summed E-state index contributed by atoms with van der Waals surface area (Å²) in [6.07, 6.45) is 3.06. The van der Waals surface area contributed by atoms with Crippen molar-refractivity contribution in [1.29, 1.82) is 0 Å². The highest BCUT2D eigenvalue weighted by molar-refractivity contribution is 5.44. The van der Waals surface area contributed by atoms with Gasteiger partial charge in [0.25, 0.3) is 0 Å². The van der Waals surface area contributed by atoms with Gasteiger partial charge in [-0.15, -0.1) is 5.10 Å². The van der Waals surface area contributed by atoms with Gasteiger partial charge in [-0.1, -0.05) is 36.4 Å². The Morgan fingerprint density at radius 2 is 2.26 bits per heavy atom. The normalized spacial score (nSPS) is 25.5. The quantitative estimate of drug-likeness (QED) is 0.870. The van der Waals surface area contributed by atoms with E-state index in [1.165, 1.54) is 0 Å². The maximum absolute atomic E-state index is 11.1. The fourth-order valence-corrected chi connectivity index (χ4v) is 2.93. The van der Waals surface area contributed by atoms with Crippen LogP contribution in [0.2, 0.25) is 0 Å². The first-order valence-corrected chi connectivity index (χ1v) is 6.63. The number of aryl methyl sites for hydroxylation is 1. The lowest BCUT2D eigenvalue weighted by Crippen LogP contribution is -2.29. The molecule has 5 heteroatoms. The molecule has 1 aromatic heterocycles. The van der Waals surface area contributed by atoms with Gasteiger partial charge >= 0.3 is 0 Å². The van der Waals surface area contributed by atoms with Crippen molar-refractivity contribution in [2.75, 3.05) is 0 Å². The van der Waals surface area contributed by atoms with Gasteiger partial charge in [-0.2, -0.15) is 0 Å². The highest BCUT2D eigenvalue weighted by atomic mass is 16.3. The summed E-state index contributed by atoms with van der Waals surface area (Å²) in [6, 6.07) is 7.64. The Morgan fingerprint density at radius 3 is 3.05 bits per heavy atom. The number of aromatic nitrogens is 3. The SMILES string of the molecule is CCCn1nncc1C1(O)CC(N)c2ccccc21. The fraction of sp³-hybridized carbons (Fsp3) is 0.429. The maximum Gasteiger partial charge on any atom is 0.135 e. The summed E-state index contributed by atoms with van der Waals surface area (Å²) in [7, 11) is 0. The largest absolute Gasteiger partial charge is 0.379 e. The van der Waals surface area contributed by atoms with Crippen molar-refractivity contribution in [3.05, 3.63) is 47.3 Å². The average Bonchev–Trinajstić information content (AvgIpc) is 2.96. The molecule has 1 aliphatic rings. The molecule has 2 aromatic rings. The predicted molar refractivity (Wildman–Crippen MR) is 71.3 cm³/mol. The monoisotopic (exact) mass is 258 g/mol. The lowest BCUT2D eigenvalue weighted by atomic mass is 9.92. The Balaban J connectivity index is 2.12. The first-order valence-electron chi connectivity index (χ1n) is 6.63. The number of hydrogen-bond donors (Lipinski definition) is 2. The molecule has 1 aliphatic carbocycles. The minimum absolute atomic E-state index is 0.147. The van der Waals surface area contributed by atoms with Gasteiger partial charge in [-0.3, -0.25) is 0 Å². The Kier molecular flexibility index (Phi) is 2.88. The number of benzene rings is 1. The molecule has 1 heterocycles. The molecule has 5 nitrogen and oxygen atoms in total. The minimum atomic E-state index is -1.07. The van der Waals surface area contributed by atoms with Crippen molar-refractivity contribution >= 4 is 0 Å². The van der Waals surface area contributed by atoms with E-state index < -0.39 is 5.60 Å². The van der Waals surface area contributed by atoms with Gasteiger partial charge < -0.3 is 10.8 Å². The summed E-state index contributed by atoms with van der Waals surface area (Å²) in [4.78, 5) is 0. The van der Waals surface area contributed by atoms with Crippen molar-refractivity contribution in [2.45, 2.75) is 38.0 Å². The molecule has 0 saturated carbocycles. The molecule has 0 amide bonds. The molecule has 0 aliphatic heterocycles. The Labute approximate surface area is 112 Å². The molecule has 19 heavy (non-hydrogen) atoms. The zero-order valence-electron chi connectivity index (χ0n) is 11.0. The van der Waals surface area contributed by atoms with Gasteiger partial charge in [0.1, 0.15) is 5.60 Å². The molecule has 1 aromatic carbocycles. The second kappa shape index (κ2) is 4.43. The van der Waals surface area contributed by atoms with Crippen molar-refractivity contribution in [3.8, 4) is 0 Å². The third-order valence-corrected chi connectivity index (χ3v) is 3.80. The topological polar surface area (TPSA) is 77.0 Å². The molecule has 0 radical (unpaired) electrons. The molecule has 3 rings (SSSR count). The van der Waals surface area contributed by atoms with Crippen LogP contribution in [-0.4, -0.2) is 20.1 Å². The van der Waals surface area contributed by atoms with Crippen LogP contribution in [0.3, 0.4) is 0 Å². The van der Waals surface area contributed by atoms with E-state index in [0.29, 0.717) is 6.42 Å². The number of hydrogen-bond acceptors (Lipinski definition) is 4. The summed E-state index contributed by atoms with van der Waals surface area (Å²) in [5, 5.41) is 19.1. The van der Waals surface area contributed by atoms with E-state index in [1.807, 2.05) is 24.3 Å². The van der Waals surface area contributed by atoms with E-state index in [-0.39, 0.29) is 6.04 Å². The van der Waals surface area contributed by atoms with Crippen molar-refractivity contribution in [1.82, 2.24) is 15.0 Å². The van der Waals surface area contributed by atoms with Crippen molar-refractivity contribution < 1.29 is 5.11 Å². The summed E-state index contributed by atoms with van der Waals surface area (Å²) in [5.74, 6) is 0. The third-order valence-electron chi connectivity index (χ3n) is 3.80. The number of nitrogens with zero attached hydrogens (tertiary/aromatic N) is 3. The molecule has 0 spiro atoms. The summed E-state index contributed by atoms with van der Waals surface area (Å²) < 4.78 is 1.77. The van der Waals surface area contributed by atoms with E-state index in [4.69, 9.17) is 5.73 Å². The number of rotatable bonds is 3. The van der Waals surface area contributed by atoms with Crippen LogP contribution in [0.15, 0.2) is 30.5 Å². The lowest BCUT2D eigenvalue weighted by molar-refractivity contribution is 0.0675. The zero-order chi connectivity index (χ0) is 13.5. The first kappa shape index (κ1) is 12.3. The van der Waals surface area contributed by atoms with E-state index in [1.54, 1.807) is 10.9 Å². The molecule has 0 fully saturated rings. The van der Waals surface area contributed by atoms with Gasteiger partial charge in [0.15, 0.2) is 0 Å². The van der Waals surface area contributed by atoms with Crippen LogP contribution < -0.4 is 5.73 Å². The van der Waals surface area contributed by atoms with E-state index in [0.717, 1.165) is 29.8 Å². The van der Waals surface area contributed by atoms with Crippen LogP contribution in [0, 0.1) is 0 Å². The number of nitrogens with two attached hydrogens (primary N) is 1. The van der Waals surface area contributed by atoms with Crippen LogP contribution in [0.4, 0.5) is 0 Å². The summed E-state index contributed by atoms with van der Waals surface area (Å²) in [5.41, 5.74) is 7.68. The zero-order valence-corrected chi connectivity index (χ0v) is 11.0. The Morgan fingerprint density at radius 1 is 1.47 bits per heavy atom. The second-order valence-corrected chi connectivity index (χ2v) is 5.10. The summed E-state index contributed by atoms with van der Waals surface area (Å²) >= 11 is 0. The number of fused-ring (bicyclic) bond motifs is 1. The molecule has 2 atom stereocenters. The highest BCUT2D eigenvalue weighted by Crippen LogP contribution is 2.45. The van der Waals surface area contributed by atoms with Crippen molar-refractivity contribution in [2.24, 2.45) is 5.73 Å². The van der Waals surface area contributed by atoms with E-state index in [9.17, 15) is 5.11 Å². The fourth-order valence-electron chi connectivity index (χ4n) is 2.93. The van der Waals surface area contributed by atoms with Gasteiger partial charge in [-0.25, -0.2) is 4.68 Å². The van der Waals surface area contributed by atoms with Crippen LogP contribution in [0.25, 0.3) is 0 Å². The lowest BCUT2D eigenvalue weighted by Gasteiger charge is -2.24. The number of aliphatic hydroxyl groups is 1. The van der Waals surface area contributed by atoms with Crippen LogP contribution >= 0.6 is 0 Å². The highest BCUT2D eigenvalue weighted by Gasteiger charge is 2.44. The minimum Gasteiger partial charge on any atom is -0.379 e. The van der Waals surface area contributed by atoms with Gasteiger partial charge in [-0.05, 0) is 17.5 Å². The predicted octanol–water partition coefficient (Wildman–Crippen LogP) is 1.33. The molecule has 0 saturated heterocycles. The van der Waals surface area contributed by atoms with Gasteiger partial charge in [0.2, 0.25) is 0 Å². The molecule has 2 unspecified atom stereocenters. The molecule has 3 N–H and O–H groups in total. The van der Waals surface area contributed by atoms with Crippen LogP contribution in [0.5, 0.6) is 0 Å². The summed E-state index contributed by atoms with van der Waals surface area (Å²) in [6.45, 7) is 2.82. The Hall–Kier alpha value is -1.72. The third kappa shape index (κ3) is 1.77. The Bertz CT molecular complexity index is 595. The van der Waals surface area contributed by atoms with Crippen LogP contribution in [0.1, 0.15) is 42.6 Å². The average molecular weight is 258 g/mol. The van der Waals surface area contributed by atoms with Gasteiger partial charge in [0, 0.05) is 19.0 Å². The molecule has 100 valence electrons. The van der Waals surface area contributed by atoms with Crippen molar-refractivity contribution in [3.63, 3.8) is 0 Å². The van der Waals surface area contributed by atoms with Crippen LogP contribution in [-0.2, 0) is 12.1 Å². The first-order chi connectivity index (χ1) is 9.16. The standard InChI is InChI=1S/C14H18N4O/c1-2-7-18-13(9-16-17-18)14(19)8-12(15)10-5-3-4-6-11(10)14/h3-6,9,12,19H,2,7-8,15H2,1H3. The molecule has 0 bridgehead atoms. The smallest absolute Gasteiger partial charge is 0.135 e. The molecular formula is C14H18N4O. The maximum atomic E-state index is 11.1. The second-order valence-electron chi connectivity index (χ2n) is 5.10.